The Balaban J connectivity index is 1.70. The fourth-order valence-electron chi connectivity index (χ4n) is 3.79. The highest BCUT2D eigenvalue weighted by Gasteiger charge is 2.28. The number of anilines is 1. The largest absolute Gasteiger partial charge is 0.350 e. The number of rotatable bonds is 3. The van der Waals surface area contributed by atoms with E-state index in [0.717, 1.165) is 54.8 Å². The van der Waals surface area contributed by atoms with Crippen LogP contribution in [0.3, 0.4) is 0 Å². The Hall–Kier alpha value is -2.96. The molecule has 4 rings (SSSR count). The number of benzene rings is 1. The summed E-state index contributed by atoms with van der Waals surface area (Å²) in [6, 6.07) is 11.7. The van der Waals surface area contributed by atoms with Crippen molar-refractivity contribution in [3.05, 3.63) is 64.1 Å². The van der Waals surface area contributed by atoms with Gasteiger partial charge in [-0.25, -0.2) is 24.0 Å². The molecule has 0 saturated carbocycles. The van der Waals surface area contributed by atoms with Crippen LogP contribution in [0, 0.1) is 13.8 Å². The van der Waals surface area contributed by atoms with Crippen LogP contribution in [0.25, 0.3) is 5.69 Å². The maximum Gasteiger partial charge on any atom is 0.350 e. The molecule has 0 aliphatic carbocycles. The highest BCUT2D eigenvalue weighted by Crippen LogP contribution is 2.28. The third kappa shape index (κ3) is 3.37. The van der Waals surface area contributed by atoms with Gasteiger partial charge in [-0.1, -0.05) is 18.2 Å². The van der Waals surface area contributed by atoms with E-state index in [2.05, 4.69) is 20.0 Å². The molecule has 1 saturated heterocycles. The molecule has 1 atom stereocenters. The zero-order valence-electron chi connectivity index (χ0n) is 16.0. The summed E-state index contributed by atoms with van der Waals surface area (Å²) in [4.78, 5) is 24.1. The highest BCUT2D eigenvalue weighted by atomic mass is 16.2. The summed E-state index contributed by atoms with van der Waals surface area (Å²) in [7, 11) is 1.71. The Kier molecular flexibility index (Phi) is 4.51. The van der Waals surface area contributed by atoms with Crippen LogP contribution in [0.5, 0.6) is 0 Å². The van der Waals surface area contributed by atoms with E-state index in [9.17, 15) is 4.79 Å². The summed E-state index contributed by atoms with van der Waals surface area (Å²) < 4.78 is 3.16. The van der Waals surface area contributed by atoms with Crippen molar-refractivity contribution >= 4 is 5.95 Å². The molecule has 0 unspecified atom stereocenters. The zero-order valence-corrected chi connectivity index (χ0v) is 16.0. The van der Waals surface area contributed by atoms with Gasteiger partial charge < -0.3 is 4.90 Å². The first-order valence-electron chi connectivity index (χ1n) is 9.31. The van der Waals surface area contributed by atoms with E-state index in [4.69, 9.17) is 0 Å². The van der Waals surface area contributed by atoms with Gasteiger partial charge in [0, 0.05) is 37.4 Å². The van der Waals surface area contributed by atoms with Gasteiger partial charge in [0.2, 0.25) is 5.95 Å². The summed E-state index contributed by atoms with van der Waals surface area (Å²) in [6.07, 6.45) is 2.01. The quantitative estimate of drug-likeness (QED) is 0.714. The molecule has 0 spiro atoms. The number of aryl methyl sites for hydroxylation is 3. The molecule has 27 heavy (non-hydrogen) atoms. The van der Waals surface area contributed by atoms with Crippen molar-refractivity contribution in [1.82, 2.24) is 24.3 Å². The fraction of sp³-hybridized carbons (Fsp3) is 0.400. The molecule has 3 heterocycles. The van der Waals surface area contributed by atoms with E-state index in [-0.39, 0.29) is 11.6 Å². The minimum atomic E-state index is -0.115. The lowest BCUT2D eigenvalue weighted by Gasteiger charge is -2.32. The van der Waals surface area contributed by atoms with Crippen molar-refractivity contribution < 1.29 is 0 Å². The molecule has 0 amide bonds. The van der Waals surface area contributed by atoms with Crippen molar-refractivity contribution in [1.29, 1.82) is 0 Å². The third-order valence-corrected chi connectivity index (χ3v) is 5.00. The van der Waals surface area contributed by atoms with E-state index in [0.29, 0.717) is 0 Å². The van der Waals surface area contributed by atoms with Crippen LogP contribution in [-0.2, 0) is 7.05 Å². The Bertz CT molecular complexity index is 987. The predicted molar refractivity (Wildman–Crippen MR) is 104 cm³/mol. The van der Waals surface area contributed by atoms with Gasteiger partial charge in [-0.2, -0.15) is 5.10 Å². The zero-order chi connectivity index (χ0) is 19.0. The normalized spacial score (nSPS) is 17.3. The van der Waals surface area contributed by atoms with Crippen LogP contribution in [0.15, 0.2) is 41.2 Å². The monoisotopic (exact) mass is 364 g/mol. The average molecular weight is 364 g/mol. The van der Waals surface area contributed by atoms with Crippen LogP contribution in [0.1, 0.15) is 36.0 Å². The van der Waals surface area contributed by atoms with Crippen LogP contribution in [-0.4, -0.2) is 37.4 Å². The summed E-state index contributed by atoms with van der Waals surface area (Å²) >= 11 is 0. The molecule has 140 valence electrons. The second-order valence-electron chi connectivity index (χ2n) is 7.17. The Morgan fingerprint density at radius 1 is 1.07 bits per heavy atom. The lowest BCUT2D eigenvalue weighted by Crippen LogP contribution is -2.37. The number of hydrogen-bond acceptors (Lipinski definition) is 5. The van der Waals surface area contributed by atoms with Gasteiger partial charge in [-0.3, -0.25) is 0 Å². The molecular weight excluding hydrogens is 340 g/mol. The van der Waals surface area contributed by atoms with E-state index in [1.807, 2.05) is 50.2 Å². The summed E-state index contributed by atoms with van der Waals surface area (Å²) in [6.45, 7) is 5.66. The molecule has 0 bridgehead atoms. The van der Waals surface area contributed by atoms with Crippen molar-refractivity contribution in [2.24, 2.45) is 7.05 Å². The number of aromatic nitrogens is 5. The van der Waals surface area contributed by atoms with Gasteiger partial charge in [0.1, 0.15) is 5.82 Å². The average Bonchev–Trinajstić information content (AvgIpc) is 2.97. The number of nitrogens with zero attached hydrogens (tertiary/aromatic N) is 6. The molecule has 0 radical (unpaired) electrons. The van der Waals surface area contributed by atoms with Gasteiger partial charge in [0.05, 0.1) is 5.69 Å². The molecule has 7 heteroatoms. The molecule has 1 aliphatic heterocycles. The van der Waals surface area contributed by atoms with E-state index in [1.54, 1.807) is 11.6 Å². The molecule has 3 aromatic rings. The fourth-order valence-corrected chi connectivity index (χ4v) is 3.79. The van der Waals surface area contributed by atoms with Gasteiger partial charge in [-0.15, -0.1) is 0 Å². The van der Waals surface area contributed by atoms with Crippen LogP contribution < -0.4 is 10.6 Å². The maximum absolute atomic E-state index is 12.7. The minimum Gasteiger partial charge on any atom is -0.340 e. The van der Waals surface area contributed by atoms with Crippen LogP contribution in [0.2, 0.25) is 0 Å². The first-order valence-corrected chi connectivity index (χ1v) is 9.31. The van der Waals surface area contributed by atoms with Gasteiger partial charge in [-0.05, 0) is 44.9 Å². The molecular formula is C20H24N6O. The van der Waals surface area contributed by atoms with E-state index < -0.39 is 0 Å². The number of piperidine rings is 1. The molecule has 7 nitrogen and oxygen atoms in total. The first-order chi connectivity index (χ1) is 13.0. The Labute approximate surface area is 158 Å². The van der Waals surface area contributed by atoms with Crippen molar-refractivity contribution in [3.8, 4) is 5.69 Å². The minimum absolute atomic E-state index is 0.115. The summed E-state index contributed by atoms with van der Waals surface area (Å²) in [5.41, 5.74) is 2.68. The van der Waals surface area contributed by atoms with Gasteiger partial charge in [0.25, 0.3) is 0 Å². The van der Waals surface area contributed by atoms with Crippen molar-refractivity contribution in [3.63, 3.8) is 0 Å². The lowest BCUT2D eigenvalue weighted by molar-refractivity contribution is 0.477. The smallest absolute Gasteiger partial charge is 0.340 e. The Morgan fingerprint density at radius 3 is 2.48 bits per heavy atom. The van der Waals surface area contributed by atoms with Crippen LogP contribution in [0.4, 0.5) is 5.95 Å². The van der Waals surface area contributed by atoms with E-state index in [1.165, 1.54) is 4.68 Å². The maximum atomic E-state index is 12.7. The van der Waals surface area contributed by atoms with Crippen molar-refractivity contribution in [2.75, 3.05) is 18.0 Å². The van der Waals surface area contributed by atoms with Gasteiger partial charge >= 0.3 is 5.69 Å². The third-order valence-electron chi connectivity index (χ3n) is 5.00. The molecule has 1 aliphatic rings. The topological polar surface area (TPSA) is 68.8 Å². The summed E-state index contributed by atoms with van der Waals surface area (Å²) in [5, 5.41) is 4.57. The standard InChI is InChI=1S/C20H24N6O/c1-14-12-15(2)22-19(21-14)25-11-7-8-16(13-25)18-23-24(3)20(27)26(18)17-9-5-4-6-10-17/h4-6,9-10,12,16H,7-8,11,13H2,1-3H3/t16-/m0/s1. The molecule has 1 fully saturated rings. The summed E-state index contributed by atoms with van der Waals surface area (Å²) in [5.74, 6) is 1.72. The Morgan fingerprint density at radius 2 is 1.78 bits per heavy atom. The molecule has 0 N–H and O–H groups in total. The molecule has 2 aromatic heterocycles. The SMILES string of the molecule is Cc1cc(C)nc(N2CCC[C@H](c3nn(C)c(=O)n3-c3ccccc3)C2)n1. The van der Waals surface area contributed by atoms with Crippen molar-refractivity contribution in [2.45, 2.75) is 32.6 Å². The second kappa shape index (κ2) is 6.98. The first kappa shape index (κ1) is 17.5. The highest BCUT2D eigenvalue weighted by molar-refractivity contribution is 5.36. The molecule has 1 aromatic carbocycles. The predicted octanol–water partition coefficient (Wildman–Crippen LogP) is 2.36. The number of para-hydroxylation sites is 1. The second-order valence-corrected chi connectivity index (χ2v) is 7.17. The van der Waals surface area contributed by atoms with Gasteiger partial charge in [0.15, 0.2) is 0 Å². The number of hydrogen-bond donors (Lipinski definition) is 0. The van der Waals surface area contributed by atoms with E-state index >= 15 is 0 Å². The van der Waals surface area contributed by atoms with Crippen LogP contribution >= 0.6 is 0 Å². The lowest BCUT2D eigenvalue weighted by atomic mass is 9.97.